The first-order valence-electron chi connectivity index (χ1n) is 9.31. The van der Waals surface area contributed by atoms with Crippen LogP contribution in [0.15, 0.2) is 60.8 Å². The Morgan fingerprint density at radius 3 is 2.53 bits per heavy atom. The third-order valence-corrected chi connectivity index (χ3v) is 4.69. The number of aromatic nitrogens is 1. The number of hydrogen-bond donors (Lipinski definition) is 4. The average Bonchev–Trinajstić information content (AvgIpc) is 2.79. The van der Waals surface area contributed by atoms with Crippen molar-refractivity contribution in [2.24, 2.45) is 0 Å². The molecule has 1 aromatic heterocycles. The molecule has 0 bridgehead atoms. The maximum atomic E-state index is 12.4. The van der Waals surface area contributed by atoms with Gasteiger partial charge in [0.05, 0.1) is 22.2 Å². The van der Waals surface area contributed by atoms with Crippen molar-refractivity contribution < 1.29 is 19.6 Å². The van der Waals surface area contributed by atoms with Gasteiger partial charge in [-0.2, -0.15) is 0 Å². The molecule has 1 unspecified atom stereocenters. The number of nitro benzene ring substituents is 1. The van der Waals surface area contributed by atoms with Crippen LogP contribution in [0.4, 0.5) is 11.4 Å². The molecule has 0 spiro atoms. The van der Waals surface area contributed by atoms with E-state index < -0.39 is 16.7 Å². The Hall–Kier alpha value is -4.18. The Morgan fingerprint density at radius 2 is 1.84 bits per heavy atom. The summed E-state index contributed by atoms with van der Waals surface area (Å²) < 4.78 is 0. The predicted molar refractivity (Wildman–Crippen MR) is 117 cm³/mol. The van der Waals surface area contributed by atoms with E-state index in [9.17, 15) is 24.8 Å². The maximum absolute atomic E-state index is 12.4. The van der Waals surface area contributed by atoms with E-state index in [-0.39, 0.29) is 39.3 Å². The van der Waals surface area contributed by atoms with Gasteiger partial charge in [-0.25, -0.2) is 0 Å². The molecule has 4 N–H and O–H groups in total. The molecule has 0 aliphatic rings. The SMILES string of the molecule is CC(Nc1ccc(C(=O)NNC(=O)c2cc(Cl)ccc2O)cc1[N+](=O)[O-])c1ccccn1. The van der Waals surface area contributed by atoms with E-state index in [1.807, 2.05) is 0 Å². The van der Waals surface area contributed by atoms with Crippen LogP contribution in [0.5, 0.6) is 5.75 Å². The molecular weight excluding hydrogens is 438 g/mol. The summed E-state index contributed by atoms with van der Waals surface area (Å²) in [6.07, 6.45) is 1.62. The summed E-state index contributed by atoms with van der Waals surface area (Å²) in [5.74, 6) is -1.92. The number of carbonyl (C=O) groups is 2. The number of hydrazine groups is 1. The van der Waals surface area contributed by atoms with Crippen molar-refractivity contribution >= 4 is 34.8 Å². The summed E-state index contributed by atoms with van der Waals surface area (Å²) in [5.41, 5.74) is 4.66. The Morgan fingerprint density at radius 1 is 1.09 bits per heavy atom. The first kappa shape index (κ1) is 22.5. The van der Waals surface area contributed by atoms with Gasteiger partial charge in [0.15, 0.2) is 0 Å². The molecule has 32 heavy (non-hydrogen) atoms. The summed E-state index contributed by atoms with van der Waals surface area (Å²) in [5, 5.41) is 24.5. The van der Waals surface area contributed by atoms with E-state index in [2.05, 4.69) is 21.2 Å². The van der Waals surface area contributed by atoms with Gasteiger partial charge in [-0.3, -0.25) is 35.5 Å². The second-order valence-electron chi connectivity index (χ2n) is 6.68. The summed E-state index contributed by atoms with van der Waals surface area (Å²) in [7, 11) is 0. The number of aromatic hydroxyl groups is 1. The minimum atomic E-state index is -0.810. The number of anilines is 1. The normalized spacial score (nSPS) is 11.3. The van der Waals surface area contributed by atoms with Gasteiger partial charge in [0.2, 0.25) is 0 Å². The number of amides is 2. The number of pyridine rings is 1. The molecule has 164 valence electrons. The molecule has 3 rings (SSSR count). The fraction of sp³-hybridized carbons (Fsp3) is 0.0952. The third kappa shape index (κ3) is 5.29. The van der Waals surface area contributed by atoms with Gasteiger partial charge in [0.1, 0.15) is 11.4 Å². The van der Waals surface area contributed by atoms with Crippen LogP contribution in [-0.4, -0.2) is 26.8 Å². The summed E-state index contributed by atoms with van der Waals surface area (Å²) in [4.78, 5) is 39.7. The molecule has 0 aliphatic carbocycles. The number of nitro groups is 1. The summed E-state index contributed by atoms with van der Waals surface area (Å²) in [6, 6.07) is 12.8. The number of nitrogens with one attached hydrogen (secondary N) is 3. The Bertz CT molecular complexity index is 1170. The highest BCUT2D eigenvalue weighted by Gasteiger charge is 2.20. The van der Waals surface area contributed by atoms with Crippen LogP contribution in [0, 0.1) is 10.1 Å². The highest BCUT2D eigenvalue weighted by atomic mass is 35.5. The first-order chi connectivity index (χ1) is 15.3. The quantitative estimate of drug-likeness (QED) is 0.328. The molecule has 0 fully saturated rings. The molecule has 10 nitrogen and oxygen atoms in total. The smallest absolute Gasteiger partial charge is 0.293 e. The number of phenols is 1. The summed E-state index contributed by atoms with van der Waals surface area (Å²) >= 11 is 5.80. The molecule has 0 saturated carbocycles. The molecule has 2 aromatic carbocycles. The van der Waals surface area contributed by atoms with Gasteiger partial charge in [-0.1, -0.05) is 17.7 Å². The molecular formula is C21H18ClN5O5. The number of rotatable bonds is 6. The second kappa shape index (κ2) is 9.75. The largest absolute Gasteiger partial charge is 0.507 e. The van der Waals surface area contributed by atoms with E-state index >= 15 is 0 Å². The lowest BCUT2D eigenvalue weighted by Gasteiger charge is -2.15. The summed E-state index contributed by atoms with van der Waals surface area (Å²) in [6.45, 7) is 1.80. The van der Waals surface area contributed by atoms with Crippen molar-refractivity contribution in [2.75, 3.05) is 5.32 Å². The van der Waals surface area contributed by atoms with Gasteiger partial charge in [-0.15, -0.1) is 0 Å². The van der Waals surface area contributed by atoms with Gasteiger partial charge in [0.25, 0.3) is 17.5 Å². The van der Waals surface area contributed by atoms with Crippen molar-refractivity contribution in [1.82, 2.24) is 15.8 Å². The fourth-order valence-electron chi connectivity index (χ4n) is 2.83. The van der Waals surface area contributed by atoms with E-state index in [0.29, 0.717) is 5.69 Å². The standard InChI is InChI=1S/C21H18ClN5O5/c1-12(16-4-2-3-9-23-16)24-17-7-5-13(10-18(17)27(31)32)20(29)25-26-21(30)15-11-14(22)6-8-19(15)28/h2-12,24,28H,1H3,(H,25,29)(H,26,30). The zero-order valence-electron chi connectivity index (χ0n) is 16.7. The van der Waals surface area contributed by atoms with Crippen molar-refractivity contribution in [3.63, 3.8) is 0 Å². The van der Waals surface area contributed by atoms with Crippen LogP contribution in [0.25, 0.3) is 0 Å². The number of phenolic OH excluding ortho intramolecular Hbond substituents is 1. The highest BCUT2D eigenvalue weighted by Crippen LogP contribution is 2.29. The molecule has 1 heterocycles. The first-order valence-corrected chi connectivity index (χ1v) is 9.69. The molecule has 0 saturated heterocycles. The van der Waals surface area contributed by atoms with Crippen LogP contribution < -0.4 is 16.2 Å². The molecule has 11 heteroatoms. The van der Waals surface area contributed by atoms with Crippen LogP contribution in [0.1, 0.15) is 39.4 Å². The zero-order chi connectivity index (χ0) is 23.3. The maximum Gasteiger partial charge on any atom is 0.293 e. The van der Waals surface area contributed by atoms with Crippen LogP contribution in [0.3, 0.4) is 0 Å². The second-order valence-corrected chi connectivity index (χ2v) is 7.12. The molecule has 2 amide bonds. The lowest BCUT2D eigenvalue weighted by atomic mass is 10.1. The number of hydrogen-bond acceptors (Lipinski definition) is 7. The van der Waals surface area contributed by atoms with Crippen molar-refractivity contribution in [2.45, 2.75) is 13.0 Å². The zero-order valence-corrected chi connectivity index (χ0v) is 17.5. The number of halogens is 1. The molecule has 3 aromatic rings. The predicted octanol–water partition coefficient (Wildman–Crippen LogP) is 3.60. The fourth-order valence-corrected chi connectivity index (χ4v) is 3.00. The minimum absolute atomic E-state index is 0.0524. The van der Waals surface area contributed by atoms with Crippen molar-refractivity contribution in [3.05, 3.63) is 92.8 Å². The number of benzene rings is 2. The van der Waals surface area contributed by atoms with E-state index in [4.69, 9.17) is 11.6 Å². The topological polar surface area (TPSA) is 146 Å². The third-order valence-electron chi connectivity index (χ3n) is 4.45. The van der Waals surface area contributed by atoms with Crippen LogP contribution >= 0.6 is 11.6 Å². The van der Waals surface area contributed by atoms with Crippen LogP contribution in [-0.2, 0) is 0 Å². The van der Waals surface area contributed by atoms with E-state index in [1.54, 1.807) is 31.3 Å². The minimum Gasteiger partial charge on any atom is -0.507 e. The number of nitrogens with zero attached hydrogens (tertiary/aromatic N) is 2. The highest BCUT2D eigenvalue weighted by molar-refractivity contribution is 6.31. The Labute approximate surface area is 187 Å². The Balaban J connectivity index is 1.73. The van der Waals surface area contributed by atoms with E-state index in [1.165, 1.54) is 30.3 Å². The van der Waals surface area contributed by atoms with Gasteiger partial charge in [-0.05, 0) is 49.4 Å². The van der Waals surface area contributed by atoms with Gasteiger partial charge >= 0.3 is 0 Å². The number of carbonyl (C=O) groups excluding carboxylic acids is 2. The van der Waals surface area contributed by atoms with Gasteiger partial charge < -0.3 is 10.4 Å². The lowest BCUT2D eigenvalue weighted by molar-refractivity contribution is -0.384. The van der Waals surface area contributed by atoms with Crippen molar-refractivity contribution in [3.8, 4) is 5.75 Å². The molecule has 1 atom stereocenters. The molecule has 0 radical (unpaired) electrons. The Kier molecular flexibility index (Phi) is 6.86. The van der Waals surface area contributed by atoms with Crippen molar-refractivity contribution in [1.29, 1.82) is 0 Å². The van der Waals surface area contributed by atoms with E-state index in [0.717, 1.165) is 6.07 Å². The average molecular weight is 456 g/mol. The molecule has 0 aliphatic heterocycles. The lowest BCUT2D eigenvalue weighted by Crippen LogP contribution is -2.41. The monoisotopic (exact) mass is 455 g/mol. The van der Waals surface area contributed by atoms with Crippen LogP contribution in [0.2, 0.25) is 5.02 Å². The van der Waals surface area contributed by atoms with Gasteiger partial charge in [0, 0.05) is 22.8 Å².